The van der Waals surface area contributed by atoms with Crippen molar-refractivity contribution >= 4 is 17.2 Å². The number of amides is 1. The normalized spacial score (nSPS) is 12.0. The molecule has 2 rings (SSSR count). The summed E-state index contributed by atoms with van der Waals surface area (Å²) in [7, 11) is 1.65. The summed E-state index contributed by atoms with van der Waals surface area (Å²) >= 11 is 0. The Bertz CT molecular complexity index is 771. The molecule has 0 heterocycles. The molecule has 2 aromatic carbocycles. The third-order valence-electron chi connectivity index (χ3n) is 3.78. The Labute approximate surface area is 143 Å². The van der Waals surface area contributed by atoms with E-state index in [9.17, 15) is 4.79 Å². The number of aryl methyl sites for hydroxylation is 1. The molecule has 24 heavy (non-hydrogen) atoms. The van der Waals surface area contributed by atoms with Crippen LogP contribution in [0.1, 0.15) is 25.0 Å². The molecule has 1 N–H and O–H groups in total. The van der Waals surface area contributed by atoms with E-state index in [2.05, 4.69) is 5.32 Å². The van der Waals surface area contributed by atoms with Crippen molar-refractivity contribution in [2.75, 3.05) is 12.4 Å². The first-order valence-corrected chi connectivity index (χ1v) is 7.87. The van der Waals surface area contributed by atoms with E-state index in [0.29, 0.717) is 5.57 Å². The van der Waals surface area contributed by atoms with Gasteiger partial charge in [-0.15, -0.1) is 0 Å². The van der Waals surface area contributed by atoms with Gasteiger partial charge in [0, 0.05) is 11.3 Å². The fourth-order valence-corrected chi connectivity index (χ4v) is 2.16. The first-order chi connectivity index (χ1) is 11.5. The van der Waals surface area contributed by atoms with Crippen molar-refractivity contribution in [1.82, 2.24) is 0 Å². The van der Waals surface area contributed by atoms with Gasteiger partial charge in [-0.2, -0.15) is 0 Å². The number of hydrogen-bond acceptors (Lipinski definition) is 2. The number of carbonyl (C=O) groups is 1. The summed E-state index contributed by atoms with van der Waals surface area (Å²) in [5, 5.41) is 2.89. The van der Waals surface area contributed by atoms with Gasteiger partial charge in [0.15, 0.2) is 0 Å². The molecule has 0 atom stereocenters. The Morgan fingerprint density at radius 2 is 1.75 bits per heavy atom. The van der Waals surface area contributed by atoms with Crippen molar-refractivity contribution in [3.05, 3.63) is 77.4 Å². The van der Waals surface area contributed by atoms with E-state index in [4.69, 9.17) is 4.74 Å². The van der Waals surface area contributed by atoms with Crippen LogP contribution >= 0.6 is 0 Å². The number of methoxy groups -OCH3 is 1. The van der Waals surface area contributed by atoms with Crippen molar-refractivity contribution < 1.29 is 9.53 Å². The van der Waals surface area contributed by atoms with Gasteiger partial charge in [-0.1, -0.05) is 42.0 Å². The second-order valence-electron chi connectivity index (χ2n) is 5.75. The van der Waals surface area contributed by atoms with Gasteiger partial charge in [0.1, 0.15) is 5.75 Å². The third-order valence-corrected chi connectivity index (χ3v) is 3.78. The molecule has 0 aromatic heterocycles. The minimum atomic E-state index is -0.103. The van der Waals surface area contributed by atoms with Crippen LogP contribution in [0.5, 0.6) is 5.75 Å². The topological polar surface area (TPSA) is 38.3 Å². The number of benzene rings is 2. The number of nitrogens with one attached hydrogen (secondary N) is 1. The van der Waals surface area contributed by atoms with E-state index in [-0.39, 0.29) is 5.91 Å². The highest BCUT2D eigenvalue weighted by atomic mass is 16.5. The lowest BCUT2D eigenvalue weighted by Gasteiger charge is -2.06. The molecule has 0 spiro atoms. The van der Waals surface area contributed by atoms with Crippen LogP contribution in [0.2, 0.25) is 0 Å². The number of hydrogen-bond donors (Lipinski definition) is 1. The lowest BCUT2D eigenvalue weighted by atomic mass is 10.1. The Balaban J connectivity index is 2.08. The Hall–Kier alpha value is -2.81. The fraction of sp³-hybridized carbons (Fsp3) is 0.190. The largest absolute Gasteiger partial charge is 0.497 e. The highest BCUT2D eigenvalue weighted by Crippen LogP contribution is 2.20. The average Bonchev–Trinajstić information content (AvgIpc) is 2.61. The summed E-state index contributed by atoms with van der Waals surface area (Å²) in [5.41, 5.74) is 4.75. The van der Waals surface area contributed by atoms with Crippen LogP contribution in [-0.2, 0) is 4.79 Å². The predicted octanol–water partition coefficient (Wildman–Crippen LogP) is 4.99. The fourth-order valence-electron chi connectivity index (χ4n) is 2.16. The van der Waals surface area contributed by atoms with Gasteiger partial charge in [0.05, 0.1) is 7.11 Å². The lowest BCUT2D eigenvalue weighted by Crippen LogP contribution is -2.12. The highest BCUT2D eigenvalue weighted by Gasteiger charge is 2.04. The molecule has 0 fully saturated rings. The van der Waals surface area contributed by atoms with E-state index in [1.54, 1.807) is 14.0 Å². The molecule has 0 aliphatic carbocycles. The lowest BCUT2D eigenvalue weighted by molar-refractivity contribution is -0.112. The van der Waals surface area contributed by atoms with Crippen LogP contribution in [0.15, 0.2) is 66.3 Å². The molecular weight excluding hydrogens is 298 g/mol. The molecule has 0 saturated heterocycles. The second-order valence-corrected chi connectivity index (χ2v) is 5.75. The molecule has 3 heteroatoms. The van der Waals surface area contributed by atoms with Crippen LogP contribution in [0, 0.1) is 6.92 Å². The van der Waals surface area contributed by atoms with Gasteiger partial charge in [0.2, 0.25) is 0 Å². The Morgan fingerprint density at radius 3 is 2.42 bits per heavy atom. The first-order valence-electron chi connectivity index (χ1n) is 7.87. The van der Waals surface area contributed by atoms with Gasteiger partial charge < -0.3 is 10.1 Å². The van der Waals surface area contributed by atoms with Crippen molar-refractivity contribution in [2.24, 2.45) is 0 Å². The molecule has 1 amide bonds. The number of rotatable bonds is 5. The molecule has 0 saturated carbocycles. The van der Waals surface area contributed by atoms with Gasteiger partial charge in [-0.3, -0.25) is 4.79 Å². The monoisotopic (exact) mass is 321 g/mol. The second kappa shape index (κ2) is 8.16. The number of ether oxygens (including phenoxy) is 1. The van der Waals surface area contributed by atoms with Gasteiger partial charge in [0.25, 0.3) is 5.91 Å². The molecule has 0 bridgehead atoms. The van der Waals surface area contributed by atoms with Crippen molar-refractivity contribution in [2.45, 2.75) is 20.8 Å². The molecular formula is C21H23NO2. The molecule has 124 valence electrons. The van der Waals surface area contributed by atoms with Crippen molar-refractivity contribution in [1.29, 1.82) is 0 Å². The van der Waals surface area contributed by atoms with Crippen LogP contribution in [0.4, 0.5) is 5.69 Å². The smallest absolute Gasteiger partial charge is 0.251 e. The zero-order valence-corrected chi connectivity index (χ0v) is 14.6. The van der Waals surface area contributed by atoms with Crippen molar-refractivity contribution in [3.8, 4) is 5.75 Å². The summed E-state index contributed by atoms with van der Waals surface area (Å²) in [6.07, 6.45) is 3.77. The molecule has 3 nitrogen and oxygen atoms in total. The summed E-state index contributed by atoms with van der Waals surface area (Å²) in [6, 6.07) is 15.6. The summed E-state index contributed by atoms with van der Waals surface area (Å²) in [4.78, 5) is 12.2. The number of anilines is 1. The van der Waals surface area contributed by atoms with Gasteiger partial charge in [-0.25, -0.2) is 0 Å². The van der Waals surface area contributed by atoms with Crippen LogP contribution < -0.4 is 10.1 Å². The van der Waals surface area contributed by atoms with Crippen LogP contribution in [0.3, 0.4) is 0 Å². The summed E-state index contributed by atoms with van der Waals surface area (Å²) in [5.74, 6) is 0.714. The first kappa shape index (κ1) is 17.5. The minimum absolute atomic E-state index is 0.103. The SMILES string of the molecule is COc1cccc(/C(C)=C/C=C(\C)C(=O)Nc2ccc(C)cc2)c1. The maximum absolute atomic E-state index is 12.2. The predicted molar refractivity (Wildman–Crippen MR) is 100 cm³/mol. The Morgan fingerprint density at radius 1 is 1.04 bits per heavy atom. The highest BCUT2D eigenvalue weighted by molar-refractivity contribution is 6.03. The van der Waals surface area contributed by atoms with E-state index < -0.39 is 0 Å². The van der Waals surface area contributed by atoms with Crippen LogP contribution in [0.25, 0.3) is 5.57 Å². The zero-order chi connectivity index (χ0) is 17.5. The molecule has 0 radical (unpaired) electrons. The number of allylic oxidation sites excluding steroid dienone is 3. The minimum Gasteiger partial charge on any atom is -0.497 e. The number of carbonyl (C=O) groups excluding carboxylic acids is 1. The quantitative estimate of drug-likeness (QED) is 0.622. The van der Waals surface area contributed by atoms with E-state index in [1.807, 2.05) is 74.5 Å². The van der Waals surface area contributed by atoms with Gasteiger partial charge >= 0.3 is 0 Å². The van der Waals surface area contributed by atoms with E-state index >= 15 is 0 Å². The van der Waals surface area contributed by atoms with Crippen LogP contribution in [-0.4, -0.2) is 13.0 Å². The standard InChI is InChI=1S/C21H23NO2/c1-15-8-12-19(13-9-15)22-21(23)17(3)11-10-16(2)18-6-5-7-20(14-18)24-4/h5-14H,1-4H3,(H,22,23)/b16-10+,17-11+. The third kappa shape index (κ3) is 4.85. The molecule has 2 aromatic rings. The zero-order valence-electron chi connectivity index (χ0n) is 14.6. The van der Waals surface area contributed by atoms with E-state index in [1.165, 1.54) is 0 Å². The molecule has 0 unspecified atom stereocenters. The van der Waals surface area contributed by atoms with Crippen molar-refractivity contribution in [3.63, 3.8) is 0 Å². The maximum atomic E-state index is 12.2. The average molecular weight is 321 g/mol. The maximum Gasteiger partial charge on any atom is 0.251 e. The van der Waals surface area contributed by atoms with E-state index in [0.717, 1.165) is 28.1 Å². The molecule has 0 aliphatic heterocycles. The summed E-state index contributed by atoms with van der Waals surface area (Å²) in [6.45, 7) is 5.83. The van der Waals surface area contributed by atoms with Gasteiger partial charge in [-0.05, 0) is 56.2 Å². The molecule has 0 aliphatic rings. The Kier molecular flexibility index (Phi) is 5.96. The summed E-state index contributed by atoms with van der Waals surface area (Å²) < 4.78 is 5.24.